The monoisotopic (exact) mass is 237 g/mol. The lowest BCUT2D eigenvalue weighted by Gasteiger charge is -2.17. The number of hydrogen-bond donors (Lipinski definition) is 0. The highest BCUT2D eigenvalue weighted by Gasteiger charge is 2.27. The lowest BCUT2D eigenvalue weighted by molar-refractivity contribution is -0.128. The number of likely N-dealkylation sites (tertiary alicyclic amines) is 1. The van der Waals surface area contributed by atoms with Crippen molar-refractivity contribution in [1.82, 2.24) is 4.90 Å². The fourth-order valence-corrected chi connectivity index (χ4v) is 2.35. The number of halogens is 1. The van der Waals surface area contributed by atoms with Gasteiger partial charge >= 0.3 is 0 Å². The topological polar surface area (TPSA) is 20.3 Å². The Morgan fingerprint density at radius 2 is 2.19 bits per heavy atom. The molecule has 1 fully saturated rings. The average Bonchev–Trinajstić information content (AvgIpc) is 2.51. The number of alkyl halides is 1. The van der Waals surface area contributed by atoms with Gasteiger partial charge in [0.05, 0.1) is 5.38 Å². The molecule has 0 N–H and O–H groups in total. The van der Waals surface area contributed by atoms with Crippen LogP contribution in [0.5, 0.6) is 0 Å². The van der Waals surface area contributed by atoms with Crippen molar-refractivity contribution in [3.63, 3.8) is 0 Å². The Morgan fingerprint density at radius 3 is 2.81 bits per heavy atom. The quantitative estimate of drug-likeness (QED) is 0.725. The molecule has 1 heterocycles. The molecule has 1 aromatic rings. The van der Waals surface area contributed by atoms with Gasteiger partial charge in [-0.15, -0.1) is 11.6 Å². The second-order valence-electron chi connectivity index (χ2n) is 4.51. The number of rotatable bonds is 2. The van der Waals surface area contributed by atoms with Crippen LogP contribution in [0.3, 0.4) is 0 Å². The second-order valence-corrected chi connectivity index (χ2v) is 5.12. The molecule has 16 heavy (non-hydrogen) atoms. The number of aryl methyl sites for hydroxylation is 2. The van der Waals surface area contributed by atoms with Crippen molar-refractivity contribution >= 4 is 17.5 Å². The Morgan fingerprint density at radius 1 is 1.44 bits per heavy atom. The third-order valence-corrected chi connectivity index (χ3v) is 3.33. The summed E-state index contributed by atoms with van der Waals surface area (Å²) in [7, 11) is 0. The van der Waals surface area contributed by atoms with Crippen molar-refractivity contribution in [3.05, 3.63) is 34.9 Å². The smallest absolute Gasteiger partial charge is 0.224 e. The van der Waals surface area contributed by atoms with E-state index in [4.69, 9.17) is 11.6 Å². The van der Waals surface area contributed by atoms with Crippen molar-refractivity contribution < 1.29 is 4.79 Å². The maximum absolute atomic E-state index is 11.6. The molecule has 0 spiro atoms. The minimum Gasteiger partial charge on any atom is -0.337 e. The Kier molecular flexibility index (Phi) is 3.20. The fourth-order valence-electron chi connectivity index (χ4n) is 2.05. The van der Waals surface area contributed by atoms with Crippen LogP contribution in [0.4, 0.5) is 0 Å². The van der Waals surface area contributed by atoms with Gasteiger partial charge in [-0.05, 0) is 25.0 Å². The molecule has 1 saturated heterocycles. The summed E-state index contributed by atoms with van der Waals surface area (Å²) >= 11 is 5.98. The average molecular weight is 238 g/mol. The van der Waals surface area contributed by atoms with E-state index in [1.807, 2.05) is 4.90 Å². The molecule has 0 radical (unpaired) electrons. The lowest BCUT2D eigenvalue weighted by atomic mass is 10.1. The highest BCUT2D eigenvalue weighted by molar-refractivity contribution is 6.22. The summed E-state index contributed by atoms with van der Waals surface area (Å²) in [5.41, 5.74) is 3.69. The minimum absolute atomic E-state index is 0.0161. The molecule has 0 bridgehead atoms. The van der Waals surface area contributed by atoms with Crippen LogP contribution in [0.15, 0.2) is 18.2 Å². The fraction of sp³-hybridized carbons (Fsp3) is 0.462. The maximum atomic E-state index is 11.6. The number of nitrogens with zero attached hydrogens (tertiary/aromatic N) is 1. The first kappa shape index (κ1) is 11.5. The molecule has 0 saturated carbocycles. The van der Waals surface area contributed by atoms with E-state index in [2.05, 4.69) is 32.0 Å². The van der Waals surface area contributed by atoms with Gasteiger partial charge in [0.1, 0.15) is 0 Å². The van der Waals surface area contributed by atoms with Crippen LogP contribution in [0.2, 0.25) is 0 Å². The summed E-state index contributed by atoms with van der Waals surface area (Å²) < 4.78 is 0. The maximum Gasteiger partial charge on any atom is 0.224 e. The number of carbonyl (C=O) groups is 1. The molecule has 0 aliphatic carbocycles. The molecule has 86 valence electrons. The van der Waals surface area contributed by atoms with E-state index in [1.165, 1.54) is 16.7 Å². The zero-order valence-corrected chi connectivity index (χ0v) is 10.4. The lowest BCUT2D eigenvalue weighted by Crippen LogP contribution is -2.25. The Hall–Kier alpha value is -1.02. The summed E-state index contributed by atoms with van der Waals surface area (Å²) in [6.07, 6.45) is 0.479. The van der Waals surface area contributed by atoms with Crippen LogP contribution in [0, 0.1) is 13.8 Å². The molecule has 3 heteroatoms. The molecule has 2 nitrogen and oxygen atoms in total. The van der Waals surface area contributed by atoms with E-state index in [1.54, 1.807) is 0 Å². The van der Waals surface area contributed by atoms with Gasteiger partial charge in [0.15, 0.2) is 0 Å². The number of hydrogen-bond acceptors (Lipinski definition) is 1. The molecule has 1 amide bonds. The standard InChI is InChI=1S/C13H16ClNO/c1-9-3-4-10(2)11(5-9)7-15-8-12(14)6-13(15)16/h3-5,12H,6-8H2,1-2H3. The first-order chi connectivity index (χ1) is 7.56. The summed E-state index contributed by atoms with van der Waals surface area (Å²) in [4.78, 5) is 13.5. The second kappa shape index (κ2) is 4.46. The van der Waals surface area contributed by atoms with Gasteiger partial charge in [-0.25, -0.2) is 0 Å². The predicted molar refractivity (Wildman–Crippen MR) is 65.6 cm³/mol. The number of benzene rings is 1. The van der Waals surface area contributed by atoms with Crippen LogP contribution in [-0.4, -0.2) is 22.7 Å². The van der Waals surface area contributed by atoms with E-state index in [0.717, 1.165) is 0 Å². The van der Waals surface area contributed by atoms with E-state index in [-0.39, 0.29) is 11.3 Å². The molecular weight excluding hydrogens is 222 g/mol. The highest BCUT2D eigenvalue weighted by Crippen LogP contribution is 2.20. The Labute approximate surface area is 101 Å². The van der Waals surface area contributed by atoms with Crippen LogP contribution >= 0.6 is 11.6 Å². The van der Waals surface area contributed by atoms with Gasteiger partial charge in [-0.3, -0.25) is 4.79 Å². The van der Waals surface area contributed by atoms with Crippen molar-refractivity contribution in [1.29, 1.82) is 0 Å². The normalized spacial score (nSPS) is 20.6. The summed E-state index contributed by atoms with van der Waals surface area (Å²) in [6.45, 7) is 5.51. The zero-order chi connectivity index (χ0) is 11.7. The molecule has 1 unspecified atom stereocenters. The summed E-state index contributed by atoms with van der Waals surface area (Å²) in [5, 5.41) is -0.0161. The number of amides is 1. The predicted octanol–water partition coefficient (Wildman–Crippen LogP) is 2.64. The van der Waals surface area contributed by atoms with Crippen LogP contribution in [0.1, 0.15) is 23.1 Å². The van der Waals surface area contributed by atoms with Crippen molar-refractivity contribution in [3.8, 4) is 0 Å². The molecule has 2 rings (SSSR count). The first-order valence-corrected chi connectivity index (χ1v) is 5.98. The Bertz CT molecular complexity index is 416. The van der Waals surface area contributed by atoms with Gasteiger partial charge < -0.3 is 4.90 Å². The molecule has 0 aromatic heterocycles. The van der Waals surface area contributed by atoms with Crippen molar-refractivity contribution in [2.75, 3.05) is 6.54 Å². The van der Waals surface area contributed by atoms with Gasteiger partial charge in [0.25, 0.3) is 0 Å². The van der Waals surface area contributed by atoms with Crippen molar-refractivity contribution in [2.24, 2.45) is 0 Å². The number of carbonyl (C=O) groups excluding carboxylic acids is 1. The third-order valence-electron chi connectivity index (χ3n) is 3.03. The van der Waals surface area contributed by atoms with E-state index in [0.29, 0.717) is 19.5 Å². The first-order valence-electron chi connectivity index (χ1n) is 5.54. The van der Waals surface area contributed by atoms with Gasteiger partial charge in [-0.2, -0.15) is 0 Å². The molecule has 1 atom stereocenters. The zero-order valence-electron chi connectivity index (χ0n) is 9.66. The van der Waals surface area contributed by atoms with E-state index < -0.39 is 0 Å². The molecule has 1 aliphatic rings. The van der Waals surface area contributed by atoms with Gasteiger partial charge in [-0.1, -0.05) is 23.8 Å². The summed E-state index contributed by atoms with van der Waals surface area (Å²) in [6, 6.07) is 6.34. The van der Waals surface area contributed by atoms with Crippen LogP contribution in [-0.2, 0) is 11.3 Å². The SMILES string of the molecule is Cc1ccc(C)c(CN2CC(Cl)CC2=O)c1. The minimum atomic E-state index is -0.0161. The van der Waals surface area contributed by atoms with Crippen molar-refractivity contribution in [2.45, 2.75) is 32.2 Å². The van der Waals surface area contributed by atoms with Crippen LogP contribution in [0.25, 0.3) is 0 Å². The highest BCUT2D eigenvalue weighted by atomic mass is 35.5. The molecule has 1 aromatic carbocycles. The Balaban J connectivity index is 2.15. The summed E-state index contributed by atoms with van der Waals surface area (Å²) in [5.74, 6) is 0.168. The van der Waals surface area contributed by atoms with Crippen LogP contribution < -0.4 is 0 Å². The molecular formula is C13H16ClNO. The van der Waals surface area contributed by atoms with Gasteiger partial charge in [0.2, 0.25) is 5.91 Å². The third kappa shape index (κ3) is 2.38. The molecule has 1 aliphatic heterocycles. The van der Waals surface area contributed by atoms with E-state index in [9.17, 15) is 4.79 Å². The van der Waals surface area contributed by atoms with E-state index >= 15 is 0 Å². The largest absolute Gasteiger partial charge is 0.337 e. The van der Waals surface area contributed by atoms with Gasteiger partial charge in [0, 0.05) is 19.5 Å².